The van der Waals surface area contributed by atoms with Crippen molar-refractivity contribution in [2.75, 3.05) is 19.8 Å². The molecule has 0 bridgehead atoms. The molecule has 1 aliphatic carbocycles. The zero-order valence-electron chi connectivity index (χ0n) is 17.8. The van der Waals surface area contributed by atoms with Crippen LogP contribution in [0, 0.1) is 0 Å². The molecule has 2 aliphatic rings. The van der Waals surface area contributed by atoms with Crippen LogP contribution in [0.3, 0.4) is 0 Å². The van der Waals surface area contributed by atoms with Crippen LogP contribution in [-0.2, 0) is 19.1 Å². The molecule has 1 aliphatic heterocycles. The van der Waals surface area contributed by atoms with Gasteiger partial charge in [-0.1, -0.05) is 48.5 Å². The molecular weight excluding hydrogens is 412 g/mol. The molecule has 32 heavy (non-hydrogen) atoms. The topological polar surface area (TPSA) is 114 Å². The van der Waals surface area contributed by atoms with Crippen LogP contribution in [0.15, 0.2) is 48.5 Å². The summed E-state index contributed by atoms with van der Waals surface area (Å²) in [5, 5.41) is 14.3. The average molecular weight is 438 g/mol. The highest BCUT2D eigenvalue weighted by molar-refractivity contribution is 5.92. The van der Waals surface area contributed by atoms with E-state index in [1.807, 2.05) is 36.4 Å². The molecule has 0 saturated carbocycles. The number of aliphatic carboxylic acids is 1. The molecule has 1 fully saturated rings. The smallest absolute Gasteiger partial charge is 0.408 e. The number of carboxylic acid groups (broad SMARTS) is 1. The Morgan fingerprint density at radius 2 is 1.62 bits per heavy atom. The highest BCUT2D eigenvalue weighted by atomic mass is 16.5. The zero-order chi connectivity index (χ0) is 22.7. The molecule has 0 aromatic heterocycles. The minimum absolute atomic E-state index is 0.0975. The number of fused-ring (bicyclic) bond motifs is 3. The molecule has 0 radical (unpaired) electrons. The van der Waals surface area contributed by atoms with Crippen molar-refractivity contribution in [2.24, 2.45) is 0 Å². The second-order valence-corrected chi connectivity index (χ2v) is 8.18. The quantitative estimate of drug-likeness (QED) is 0.639. The van der Waals surface area contributed by atoms with E-state index in [0.717, 1.165) is 22.3 Å². The fourth-order valence-corrected chi connectivity index (χ4v) is 4.36. The maximum Gasteiger partial charge on any atom is 0.408 e. The maximum absolute atomic E-state index is 12.9. The summed E-state index contributed by atoms with van der Waals surface area (Å²) >= 11 is 0. The van der Waals surface area contributed by atoms with Crippen molar-refractivity contribution in [1.82, 2.24) is 10.6 Å². The number of rotatable bonds is 6. The lowest BCUT2D eigenvalue weighted by atomic mass is 9.88. The Hall–Kier alpha value is -3.39. The van der Waals surface area contributed by atoms with Gasteiger partial charge in [0.1, 0.15) is 18.2 Å². The van der Waals surface area contributed by atoms with Gasteiger partial charge in [-0.2, -0.15) is 0 Å². The summed E-state index contributed by atoms with van der Waals surface area (Å²) in [5.41, 5.74) is 3.16. The lowest BCUT2D eigenvalue weighted by Gasteiger charge is -2.36. The van der Waals surface area contributed by atoms with E-state index >= 15 is 0 Å². The standard InChI is InChI=1S/C24H26N2O6/c1-15(21(27)28)25-22(29)24(10-12-31-13-11-24)26-23(30)32-14-20-18-8-4-2-6-16(18)17-7-3-5-9-19(17)20/h2-9,15,20H,10-14H2,1H3,(H,25,29)(H,26,30)(H,27,28). The van der Waals surface area contributed by atoms with Crippen LogP contribution >= 0.6 is 0 Å². The number of carbonyl (C=O) groups excluding carboxylic acids is 2. The highest BCUT2D eigenvalue weighted by Gasteiger charge is 2.43. The summed E-state index contributed by atoms with van der Waals surface area (Å²) in [6.07, 6.45) is -0.253. The largest absolute Gasteiger partial charge is 0.480 e. The van der Waals surface area contributed by atoms with E-state index in [0.29, 0.717) is 0 Å². The summed E-state index contributed by atoms with van der Waals surface area (Å²) in [6, 6.07) is 15.0. The van der Waals surface area contributed by atoms with Crippen molar-refractivity contribution in [3.63, 3.8) is 0 Å². The van der Waals surface area contributed by atoms with Crippen LogP contribution in [0.25, 0.3) is 11.1 Å². The molecule has 1 unspecified atom stereocenters. The number of carbonyl (C=O) groups is 3. The number of hydrogen-bond acceptors (Lipinski definition) is 5. The molecule has 0 spiro atoms. The lowest BCUT2D eigenvalue weighted by Crippen LogP contribution is -2.63. The van der Waals surface area contributed by atoms with Gasteiger partial charge >= 0.3 is 12.1 Å². The Kier molecular flexibility index (Phi) is 6.14. The van der Waals surface area contributed by atoms with Crippen LogP contribution in [-0.4, -0.2) is 54.5 Å². The molecule has 1 heterocycles. The van der Waals surface area contributed by atoms with Gasteiger partial charge in [-0.25, -0.2) is 4.79 Å². The Morgan fingerprint density at radius 3 is 2.19 bits per heavy atom. The van der Waals surface area contributed by atoms with Crippen LogP contribution < -0.4 is 10.6 Å². The third-order valence-corrected chi connectivity index (χ3v) is 6.18. The average Bonchev–Trinajstić information content (AvgIpc) is 3.12. The van der Waals surface area contributed by atoms with E-state index < -0.39 is 29.6 Å². The van der Waals surface area contributed by atoms with Crippen LogP contribution in [0.2, 0.25) is 0 Å². The van der Waals surface area contributed by atoms with Crippen molar-refractivity contribution in [2.45, 2.75) is 37.3 Å². The van der Waals surface area contributed by atoms with E-state index in [4.69, 9.17) is 14.6 Å². The predicted octanol–water partition coefficient (Wildman–Crippen LogP) is 2.66. The first-order valence-electron chi connectivity index (χ1n) is 10.7. The predicted molar refractivity (Wildman–Crippen MR) is 116 cm³/mol. The fourth-order valence-electron chi connectivity index (χ4n) is 4.36. The first-order valence-corrected chi connectivity index (χ1v) is 10.7. The first kappa shape index (κ1) is 21.8. The third-order valence-electron chi connectivity index (χ3n) is 6.18. The van der Waals surface area contributed by atoms with Gasteiger partial charge in [0.2, 0.25) is 5.91 Å². The van der Waals surface area contributed by atoms with Crippen LogP contribution in [0.4, 0.5) is 4.79 Å². The number of ether oxygens (including phenoxy) is 2. The molecule has 1 saturated heterocycles. The Labute approximate surface area is 185 Å². The van der Waals surface area contributed by atoms with Crippen molar-refractivity contribution in [3.05, 3.63) is 59.7 Å². The van der Waals surface area contributed by atoms with Gasteiger partial charge < -0.3 is 25.2 Å². The summed E-state index contributed by atoms with van der Waals surface area (Å²) < 4.78 is 10.9. The van der Waals surface area contributed by atoms with Gasteiger partial charge in [0, 0.05) is 32.0 Å². The third kappa shape index (κ3) is 4.18. The second-order valence-electron chi connectivity index (χ2n) is 8.18. The number of nitrogens with one attached hydrogen (secondary N) is 2. The summed E-state index contributed by atoms with van der Waals surface area (Å²) in [6.45, 7) is 2.05. The number of amides is 2. The molecular formula is C24H26N2O6. The zero-order valence-corrected chi connectivity index (χ0v) is 17.8. The van der Waals surface area contributed by atoms with Crippen LogP contribution in [0.5, 0.6) is 0 Å². The number of hydrogen-bond donors (Lipinski definition) is 3. The number of benzene rings is 2. The molecule has 4 rings (SSSR count). The Balaban J connectivity index is 1.46. The molecule has 2 aromatic carbocycles. The molecule has 8 nitrogen and oxygen atoms in total. The summed E-state index contributed by atoms with van der Waals surface area (Å²) in [5.74, 6) is -1.80. The van der Waals surface area contributed by atoms with Gasteiger partial charge in [-0.15, -0.1) is 0 Å². The number of carboxylic acids is 1. The van der Waals surface area contributed by atoms with E-state index in [1.54, 1.807) is 0 Å². The fraction of sp³-hybridized carbons (Fsp3) is 0.375. The van der Waals surface area contributed by atoms with Gasteiger partial charge in [-0.3, -0.25) is 9.59 Å². The van der Waals surface area contributed by atoms with Crippen molar-refractivity contribution >= 4 is 18.0 Å². The van der Waals surface area contributed by atoms with E-state index in [9.17, 15) is 14.4 Å². The van der Waals surface area contributed by atoms with Crippen LogP contribution in [0.1, 0.15) is 36.8 Å². The van der Waals surface area contributed by atoms with E-state index in [2.05, 4.69) is 22.8 Å². The van der Waals surface area contributed by atoms with Crippen molar-refractivity contribution < 1.29 is 29.0 Å². The lowest BCUT2D eigenvalue weighted by molar-refractivity contribution is -0.143. The normalized spacial score (nSPS) is 17.5. The maximum atomic E-state index is 12.9. The second kappa shape index (κ2) is 9.00. The molecule has 3 N–H and O–H groups in total. The highest BCUT2D eigenvalue weighted by Crippen LogP contribution is 2.44. The first-order chi connectivity index (χ1) is 15.4. The molecule has 2 aromatic rings. The van der Waals surface area contributed by atoms with Gasteiger partial charge in [0.15, 0.2) is 0 Å². The van der Waals surface area contributed by atoms with Gasteiger partial charge in [0.05, 0.1) is 0 Å². The molecule has 8 heteroatoms. The molecule has 2 amide bonds. The van der Waals surface area contributed by atoms with Gasteiger partial charge in [-0.05, 0) is 29.2 Å². The van der Waals surface area contributed by atoms with E-state index in [-0.39, 0.29) is 38.6 Å². The summed E-state index contributed by atoms with van der Waals surface area (Å²) in [4.78, 5) is 36.8. The molecule has 1 atom stereocenters. The minimum Gasteiger partial charge on any atom is -0.480 e. The monoisotopic (exact) mass is 438 g/mol. The minimum atomic E-state index is -1.27. The Morgan fingerprint density at radius 1 is 1.06 bits per heavy atom. The SMILES string of the molecule is CC(NC(=O)C1(NC(=O)OCC2c3ccccc3-c3ccccc32)CCOCC1)C(=O)O. The summed E-state index contributed by atoms with van der Waals surface area (Å²) in [7, 11) is 0. The van der Waals surface area contributed by atoms with Gasteiger partial charge in [0.25, 0.3) is 0 Å². The van der Waals surface area contributed by atoms with Crippen molar-refractivity contribution in [3.8, 4) is 11.1 Å². The van der Waals surface area contributed by atoms with E-state index in [1.165, 1.54) is 6.92 Å². The molecule has 168 valence electrons. The Bertz CT molecular complexity index is 985. The van der Waals surface area contributed by atoms with Crippen molar-refractivity contribution in [1.29, 1.82) is 0 Å². The number of alkyl carbamates (subject to hydrolysis) is 1.